The van der Waals surface area contributed by atoms with Gasteiger partial charge in [0.1, 0.15) is 30.3 Å². The second-order valence-electron chi connectivity index (χ2n) is 14.0. The Kier molecular flexibility index (Phi) is 11.5. The number of nitrogens with zero attached hydrogens (tertiary/aromatic N) is 3. The van der Waals surface area contributed by atoms with Crippen molar-refractivity contribution in [2.24, 2.45) is 7.05 Å². The lowest BCUT2D eigenvalue weighted by Gasteiger charge is -2.40. The number of amides is 2. The third kappa shape index (κ3) is 8.37. The Morgan fingerprint density at radius 1 is 0.945 bits per heavy atom. The Bertz CT molecular complexity index is 2210. The van der Waals surface area contributed by atoms with Gasteiger partial charge in [-0.05, 0) is 93.0 Å². The number of aryl methyl sites for hydroxylation is 1. The molecule has 2 aliphatic rings. The third-order valence-electron chi connectivity index (χ3n) is 10.4. The molecule has 0 bridgehead atoms. The number of benzene rings is 3. The zero-order valence-corrected chi connectivity index (χ0v) is 31.7. The van der Waals surface area contributed by atoms with Crippen molar-refractivity contribution in [2.45, 2.75) is 63.3 Å². The van der Waals surface area contributed by atoms with E-state index in [1.807, 2.05) is 62.5 Å². The van der Waals surface area contributed by atoms with Crippen LogP contribution in [-0.2, 0) is 21.4 Å². The van der Waals surface area contributed by atoms with Gasteiger partial charge in [-0.1, -0.05) is 48.7 Å². The number of nitrogens with one attached hydrogen (secondary N) is 2. The normalized spacial score (nSPS) is 15.1. The molecule has 5 aromatic rings. The maximum absolute atomic E-state index is 13.9. The zero-order valence-electron chi connectivity index (χ0n) is 31.0. The molecular formula is C43H44ClN5O6. The van der Waals surface area contributed by atoms with E-state index in [-0.39, 0.29) is 25.0 Å². The van der Waals surface area contributed by atoms with E-state index < -0.39 is 11.5 Å². The predicted molar refractivity (Wildman–Crippen MR) is 212 cm³/mol. The van der Waals surface area contributed by atoms with E-state index in [0.717, 1.165) is 35.9 Å². The van der Waals surface area contributed by atoms with Crippen molar-refractivity contribution in [3.63, 3.8) is 0 Å². The van der Waals surface area contributed by atoms with Gasteiger partial charge in [-0.2, -0.15) is 0 Å². The molecule has 0 saturated heterocycles. The van der Waals surface area contributed by atoms with Crippen molar-refractivity contribution in [1.82, 2.24) is 19.9 Å². The van der Waals surface area contributed by atoms with E-state index in [2.05, 4.69) is 25.2 Å². The molecule has 0 aliphatic heterocycles. The first-order valence-corrected chi connectivity index (χ1v) is 19.2. The largest absolute Gasteiger partial charge is 0.493 e. The van der Waals surface area contributed by atoms with E-state index in [1.54, 1.807) is 36.7 Å². The summed E-state index contributed by atoms with van der Waals surface area (Å²) in [6, 6.07) is 20.2. The van der Waals surface area contributed by atoms with Crippen LogP contribution in [0.1, 0.15) is 79.3 Å². The van der Waals surface area contributed by atoms with E-state index in [1.165, 1.54) is 24.5 Å². The number of hydrogen-bond acceptors (Lipinski definition) is 8. The van der Waals surface area contributed by atoms with Gasteiger partial charge in [0.25, 0.3) is 5.91 Å². The summed E-state index contributed by atoms with van der Waals surface area (Å²) in [5.74, 6) is 1.02. The second-order valence-corrected chi connectivity index (χ2v) is 14.4. The number of anilines is 1. The summed E-state index contributed by atoms with van der Waals surface area (Å²) in [6.45, 7) is 2.56. The molecule has 55 heavy (non-hydrogen) atoms. The molecule has 2 heterocycles. The van der Waals surface area contributed by atoms with E-state index >= 15 is 0 Å². The van der Waals surface area contributed by atoms with Gasteiger partial charge in [-0.3, -0.25) is 9.59 Å². The molecular weight excluding hydrogens is 718 g/mol. The number of fused-ring (bicyclic) bond motifs is 1. The van der Waals surface area contributed by atoms with Crippen molar-refractivity contribution in [2.75, 3.05) is 25.1 Å². The third-order valence-corrected chi connectivity index (χ3v) is 10.6. The molecule has 284 valence electrons. The van der Waals surface area contributed by atoms with Crippen LogP contribution in [0, 0.1) is 0 Å². The van der Waals surface area contributed by atoms with Crippen LogP contribution in [0.3, 0.4) is 0 Å². The number of rotatable bonds is 14. The predicted octanol–water partition coefficient (Wildman–Crippen LogP) is 8.27. The summed E-state index contributed by atoms with van der Waals surface area (Å²) in [5, 5.41) is 7.61. The summed E-state index contributed by atoms with van der Waals surface area (Å²) in [5.41, 5.74) is 3.59. The van der Waals surface area contributed by atoms with Gasteiger partial charge in [0.2, 0.25) is 5.91 Å². The van der Waals surface area contributed by atoms with Gasteiger partial charge in [0, 0.05) is 59.3 Å². The number of halogens is 1. The molecule has 2 saturated carbocycles. The van der Waals surface area contributed by atoms with Crippen molar-refractivity contribution in [1.29, 1.82) is 0 Å². The average molecular weight is 762 g/mol. The summed E-state index contributed by atoms with van der Waals surface area (Å²) in [6.07, 6.45) is 12.5. The number of aromatic nitrogens is 3. The lowest BCUT2D eigenvalue weighted by molar-refractivity contribution is -0.138. The summed E-state index contributed by atoms with van der Waals surface area (Å²) < 4.78 is 18.7. The minimum atomic E-state index is -1.06. The Balaban J connectivity index is 1.03. The topological polar surface area (TPSA) is 134 Å². The highest BCUT2D eigenvalue weighted by Crippen LogP contribution is 2.44. The molecule has 0 atom stereocenters. The number of carbonyl (C=O) groups is 3. The van der Waals surface area contributed by atoms with Gasteiger partial charge >= 0.3 is 5.97 Å². The highest BCUT2D eigenvalue weighted by Gasteiger charge is 2.45. The Hall–Kier alpha value is -5.68. The minimum Gasteiger partial charge on any atom is -0.493 e. The Morgan fingerprint density at radius 3 is 2.42 bits per heavy atom. The first-order chi connectivity index (χ1) is 26.7. The lowest BCUT2D eigenvalue weighted by atomic mass is 9.75. The standard InChI is InChI=1S/C43H44ClN5O6/c1-3-53-36-25-32(17-14-28(36)16-19-37(50)55-23-22-54-33-12-5-4-6-13-33)47-42(52)43(20-9-21-43)48-41(51)30-15-18-34-35(24-30)49(2)39(38(34)29-10-7-8-11-29)40-45-26-31(44)27-46-40/h4-6,12-19,24-27,29H,3,7-11,20-23H2,1-2H3,(H,47,52)(H,48,51)/b19-16+. The van der Waals surface area contributed by atoms with Crippen LogP contribution in [0.2, 0.25) is 5.02 Å². The van der Waals surface area contributed by atoms with Gasteiger partial charge < -0.3 is 29.4 Å². The maximum atomic E-state index is 13.9. The maximum Gasteiger partial charge on any atom is 0.330 e. The molecule has 2 amide bonds. The zero-order chi connectivity index (χ0) is 38.4. The van der Waals surface area contributed by atoms with Gasteiger partial charge in [-0.15, -0.1) is 0 Å². The van der Waals surface area contributed by atoms with Crippen molar-refractivity contribution in [3.8, 4) is 23.0 Å². The smallest absolute Gasteiger partial charge is 0.330 e. The quantitative estimate of drug-likeness (QED) is 0.0657. The molecule has 12 heteroatoms. The molecule has 0 unspecified atom stereocenters. The highest BCUT2D eigenvalue weighted by molar-refractivity contribution is 6.30. The lowest BCUT2D eigenvalue weighted by Crippen LogP contribution is -2.61. The first kappa shape index (κ1) is 37.6. The molecule has 7 rings (SSSR count). The monoisotopic (exact) mass is 761 g/mol. The highest BCUT2D eigenvalue weighted by atomic mass is 35.5. The molecule has 2 aromatic heterocycles. The number of hydrogen-bond donors (Lipinski definition) is 2. The van der Waals surface area contributed by atoms with E-state index in [9.17, 15) is 14.4 Å². The Morgan fingerprint density at radius 2 is 1.71 bits per heavy atom. The van der Waals surface area contributed by atoms with Gasteiger partial charge in [0.15, 0.2) is 5.82 Å². The van der Waals surface area contributed by atoms with Crippen LogP contribution in [0.5, 0.6) is 11.5 Å². The van der Waals surface area contributed by atoms with Crippen LogP contribution >= 0.6 is 11.6 Å². The van der Waals surface area contributed by atoms with Crippen LogP contribution < -0.4 is 20.1 Å². The summed E-state index contributed by atoms with van der Waals surface area (Å²) in [4.78, 5) is 49.2. The van der Waals surface area contributed by atoms with Crippen molar-refractivity contribution < 1.29 is 28.6 Å². The summed E-state index contributed by atoms with van der Waals surface area (Å²) in [7, 11) is 1.98. The molecule has 11 nitrogen and oxygen atoms in total. The molecule has 2 aliphatic carbocycles. The van der Waals surface area contributed by atoms with Crippen molar-refractivity contribution in [3.05, 3.63) is 107 Å². The molecule has 2 fully saturated rings. The number of carbonyl (C=O) groups excluding carboxylic acids is 3. The van der Waals surface area contributed by atoms with Crippen LogP contribution in [0.25, 0.3) is 28.5 Å². The number of esters is 1. The van der Waals surface area contributed by atoms with Crippen LogP contribution in [-0.4, -0.2) is 57.7 Å². The fourth-order valence-corrected chi connectivity index (χ4v) is 7.57. The van der Waals surface area contributed by atoms with Crippen LogP contribution in [0.15, 0.2) is 85.2 Å². The van der Waals surface area contributed by atoms with E-state index in [4.69, 9.17) is 25.8 Å². The molecule has 0 spiro atoms. The fourth-order valence-electron chi connectivity index (χ4n) is 7.47. The second kappa shape index (κ2) is 16.8. The van der Waals surface area contributed by atoms with Gasteiger partial charge in [-0.25, -0.2) is 14.8 Å². The molecule has 2 N–H and O–H groups in total. The fraction of sp³-hybridized carbons (Fsp3) is 0.326. The summed E-state index contributed by atoms with van der Waals surface area (Å²) >= 11 is 6.12. The minimum absolute atomic E-state index is 0.0996. The van der Waals surface area contributed by atoms with E-state index in [0.29, 0.717) is 64.5 Å². The van der Waals surface area contributed by atoms with Crippen LogP contribution in [0.4, 0.5) is 5.69 Å². The Labute approximate surface area is 325 Å². The van der Waals surface area contributed by atoms with Gasteiger partial charge in [0.05, 0.1) is 17.3 Å². The number of ether oxygens (including phenoxy) is 3. The van der Waals surface area contributed by atoms with Crippen molar-refractivity contribution >= 4 is 52.1 Å². The number of para-hydroxylation sites is 1. The SMILES string of the molecule is CCOc1cc(NC(=O)C2(NC(=O)c3ccc4c(C5CCCC5)c(-c5ncc(Cl)cn5)n(C)c4c3)CCC2)ccc1/C=C/C(=O)OCCOc1ccccc1. The first-order valence-electron chi connectivity index (χ1n) is 18.8. The average Bonchev–Trinajstić information content (AvgIpc) is 3.81. The molecule has 3 aromatic carbocycles. The molecule has 0 radical (unpaired) electrons.